The van der Waals surface area contributed by atoms with Gasteiger partial charge in [-0.1, -0.05) is 37.1 Å². The van der Waals surface area contributed by atoms with Crippen molar-refractivity contribution in [2.45, 2.75) is 57.0 Å². The van der Waals surface area contributed by atoms with Crippen molar-refractivity contribution in [3.63, 3.8) is 0 Å². The zero-order chi connectivity index (χ0) is 17.9. The maximum Gasteiger partial charge on any atom is 0.242 e. The van der Waals surface area contributed by atoms with E-state index in [9.17, 15) is 4.79 Å². The van der Waals surface area contributed by atoms with Crippen LogP contribution in [-0.4, -0.2) is 55.0 Å². The van der Waals surface area contributed by atoms with Crippen molar-refractivity contribution in [3.05, 3.63) is 35.4 Å². The Morgan fingerprint density at radius 3 is 2.40 bits per heavy atom. The molecule has 1 atom stereocenters. The van der Waals surface area contributed by atoms with Gasteiger partial charge in [0.2, 0.25) is 5.91 Å². The lowest BCUT2D eigenvalue weighted by atomic mass is 9.94. The number of likely N-dealkylation sites (N-methyl/N-ethyl adjacent to an activating group) is 1. The van der Waals surface area contributed by atoms with Crippen LogP contribution in [0.3, 0.4) is 0 Å². The zero-order valence-electron chi connectivity index (χ0n) is 16.1. The monoisotopic (exact) mass is 343 g/mol. The second-order valence-corrected chi connectivity index (χ2v) is 8.07. The van der Waals surface area contributed by atoms with Crippen molar-refractivity contribution in [2.75, 3.05) is 33.7 Å². The Labute approximate surface area is 152 Å². The smallest absolute Gasteiger partial charge is 0.242 e. The van der Waals surface area contributed by atoms with Gasteiger partial charge in [-0.3, -0.25) is 14.6 Å². The molecule has 1 aromatic carbocycles. The van der Waals surface area contributed by atoms with Crippen molar-refractivity contribution in [1.82, 2.24) is 15.1 Å². The summed E-state index contributed by atoms with van der Waals surface area (Å²) in [5.74, 6) is 0.129. The van der Waals surface area contributed by atoms with Crippen LogP contribution >= 0.6 is 0 Å². The number of rotatable bonds is 6. The van der Waals surface area contributed by atoms with E-state index in [-0.39, 0.29) is 17.5 Å². The normalized spacial score (nSPS) is 21.6. The van der Waals surface area contributed by atoms with Crippen molar-refractivity contribution < 1.29 is 4.79 Å². The highest BCUT2D eigenvalue weighted by Gasteiger charge is 2.41. The first-order valence-corrected chi connectivity index (χ1v) is 9.78. The highest BCUT2D eigenvalue weighted by Crippen LogP contribution is 2.37. The van der Waals surface area contributed by atoms with E-state index >= 15 is 0 Å². The molecule has 0 radical (unpaired) electrons. The van der Waals surface area contributed by atoms with E-state index in [1.54, 1.807) is 0 Å². The molecule has 0 unspecified atom stereocenters. The zero-order valence-corrected chi connectivity index (χ0v) is 16.1. The van der Waals surface area contributed by atoms with E-state index in [0.717, 1.165) is 12.1 Å². The Kier molecular flexibility index (Phi) is 5.80. The molecule has 0 aromatic heterocycles. The number of hydrogen-bond donors (Lipinski definition) is 1. The Hall–Kier alpha value is -1.39. The molecule has 138 valence electrons. The molecule has 4 heteroatoms. The minimum absolute atomic E-state index is 0.129. The van der Waals surface area contributed by atoms with E-state index in [0.29, 0.717) is 0 Å². The molecular formula is C21H33N3O. The van der Waals surface area contributed by atoms with E-state index in [1.807, 2.05) is 31.1 Å². The number of carbonyl (C=O) groups is 1. The Morgan fingerprint density at radius 1 is 1.16 bits per heavy atom. The molecule has 2 fully saturated rings. The number of nitrogens with one attached hydrogen (secondary N) is 1. The second kappa shape index (κ2) is 7.88. The average molecular weight is 344 g/mol. The van der Waals surface area contributed by atoms with Gasteiger partial charge in [-0.2, -0.15) is 0 Å². The van der Waals surface area contributed by atoms with Crippen LogP contribution in [0.4, 0.5) is 0 Å². The fraction of sp³-hybridized carbons (Fsp3) is 0.667. The third-order valence-electron chi connectivity index (χ3n) is 6.15. The van der Waals surface area contributed by atoms with Gasteiger partial charge in [-0.05, 0) is 70.9 Å². The van der Waals surface area contributed by atoms with Crippen molar-refractivity contribution in [1.29, 1.82) is 0 Å². The number of nitrogens with zero attached hydrogens (tertiary/aromatic N) is 2. The Balaban J connectivity index is 1.72. The van der Waals surface area contributed by atoms with Gasteiger partial charge >= 0.3 is 0 Å². The minimum atomic E-state index is -0.224. The summed E-state index contributed by atoms with van der Waals surface area (Å²) in [6.07, 6.45) is 7.65. The summed E-state index contributed by atoms with van der Waals surface area (Å²) in [4.78, 5) is 17.8. The SMILES string of the molecule is Cc1ccccc1[C@@H](C(=O)NCC1(N2CCCC2)CCCC1)N(C)C. The first-order valence-electron chi connectivity index (χ1n) is 9.78. The van der Waals surface area contributed by atoms with Gasteiger partial charge in [0.25, 0.3) is 0 Å². The first kappa shape index (κ1) is 18.4. The quantitative estimate of drug-likeness (QED) is 0.862. The lowest BCUT2D eigenvalue weighted by Crippen LogP contribution is -2.54. The summed E-state index contributed by atoms with van der Waals surface area (Å²) in [7, 11) is 3.98. The molecule has 1 saturated heterocycles. The number of carbonyl (C=O) groups excluding carboxylic acids is 1. The summed E-state index contributed by atoms with van der Waals surface area (Å²) in [6.45, 7) is 5.28. The first-order chi connectivity index (χ1) is 12.0. The third kappa shape index (κ3) is 3.90. The number of hydrogen-bond acceptors (Lipinski definition) is 3. The van der Waals surface area contributed by atoms with Crippen LogP contribution in [0.15, 0.2) is 24.3 Å². The molecule has 3 rings (SSSR count). The molecule has 0 bridgehead atoms. The summed E-state index contributed by atoms with van der Waals surface area (Å²) < 4.78 is 0. The van der Waals surface area contributed by atoms with E-state index < -0.39 is 0 Å². The Morgan fingerprint density at radius 2 is 1.80 bits per heavy atom. The minimum Gasteiger partial charge on any atom is -0.353 e. The number of amides is 1. The van der Waals surface area contributed by atoms with Gasteiger partial charge in [0.15, 0.2) is 0 Å². The number of aryl methyl sites for hydroxylation is 1. The molecule has 1 aliphatic carbocycles. The lowest BCUT2D eigenvalue weighted by molar-refractivity contribution is -0.126. The summed E-state index contributed by atoms with van der Waals surface area (Å²) in [5, 5.41) is 3.33. The van der Waals surface area contributed by atoms with Gasteiger partial charge in [0.1, 0.15) is 6.04 Å². The van der Waals surface area contributed by atoms with Crippen LogP contribution in [0.1, 0.15) is 55.7 Å². The average Bonchev–Trinajstić information content (AvgIpc) is 3.27. The Bertz CT molecular complexity index is 587. The second-order valence-electron chi connectivity index (χ2n) is 8.07. The molecule has 1 N–H and O–H groups in total. The molecule has 1 amide bonds. The largest absolute Gasteiger partial charge is 0.353 e. The molecule has 1 saturated carbocycles. The highest BCUT2D eigenvalue weighted by atomic mass is 16.2. The fourth-order valence-electron chi connectivity index (χ4n) is 4.73. The maximum absolute atomic E-state index is 13.1. The van der Waals surface area contributed by atoms with Gasteiger partial charge in [-0.25, -0.2) is 0 Å². The maximum atomic E-state index is 13.1. The standard InChI is InChI=1S/C21H33N3O/c1-17-10-4-5-11-18(17)19(23(2)3)20(25)22-16-21(12-6-7-13-21)24-14-8-9-15-24/h4-5,10-11,19H,6-9,12-16H2,1-3H3,(H,22,25)/t19-/m0/s1. The lowest BCUT2D eigenvalue weighted by Gasteiger charge is -2.39. The van der Waals surface area contributed by atoms with E-state index in [4.69, 9.17) is 0 Å². The van der Waals surface area contributed by atoms with Crippen LogP contribution in [0.2, 0.25) is 0 Å². The van der Waals surface area contributed by atoms with E-state index in [2.05, 4.69) is 29.3 Å². The van der Waals surface area contributed by atoms with Crippen LogP contribution in [0, 0.1) is 6.92 Å². The van der Waals surface area contributed by atoms with Crippen molar-refractivity contribution in [2.24, 2.45) is 0 Å². The number of likely N-dealkylation sites (tertiary alicyclic amines) is 1. The van der Waals surface area contributed by atoms with Crippen LogP contribution in [-0.2, 0) is 4.79 Å². The van der Waals surface area contributed by atoms with Crippen LogP contribution in [0.5, 0.6) is 0 Å². The van der Waals surface area contributed by atoms with Crippen LogP contribution < -0.4 is 5.32 Å². The molecule has 1 aliphatic heterocycles. The molecule has 4 nitrogen and oxygen atoms in total. The van der Waals surface area contributed by atoms with Gasteiger partial charge in [0.05, 0.1) is 0 Å². The van der Waals surface area contributed by atoms with E-state index in [1.165, 1.54) is 57.2 Å². The molecule has 25 heavy (non-hydrogen) atoms. The predicted octanol–water partition coefficient (Wildman–Crippen LogP) is 3.12. The van der Waals surface area contributed by atoms with Gasteiger partial charge < -0.3 is 5.32 Å². The number of benzene rings is 1. The molecular weight excluding hydrogens is 310 g/mol. The summed E-state index contributed by atoms with van der Waals surface area (Å²) in [6, 6.07) is 7.99. The van der Waals surface area contributed by atoms with Crippen LogP contribution in [0.25, 0.3) is 0 Å². The topological polar surface area (TPSA) is 35.6 Å². The highest BCUT2D eigenvalue weighted by molar-refractivity contribution is 5.83. The molecule has 1 aromatic rings. The van der Waals surface area contributed by atoms with Gasteiger partial charge in [-0.15, -0.1) is 0 Å². The van der Waals surface area contributed by atoms with Crippen molar-refractivity contribution >= 4 is 5.91 Å². The predicted molar refractivity (Wildman–Crippen MR) is 103 cm³/mol. The summed E-state index contributed by atoms with van der Waals surface area (Å²) >= 11 is 0. The van der Waals surface area contributed by atoms with Crippen molar-refractivity contribution in [3.8, 4) is 0 Å². The summed E-state index contributed by atoms with van der Waals surface area (Å²) in [5.41, 5.74) is 2.48. The molecule has 0 spiro atoms. The van der Waals surface area contributed by atoms with Gasteiger partial charge in [0, 0.05) is 12.1 Å². The molecule has 2 aliphatic rings. The molecule has 1 heterocycles. The fourth-order valence-corrected chi connectivity index (χ4v) is 4.73. The third-order valence-corrected chi connectivity index (χ3v) is 6.15.